The van der Waals surface area contributed by atoms with Crippen molar-refractivity contribution in [3.05, 3.63) is 29.8 Å². The van der Waals surface area contributed by atoms with Gasteiger partial charge in [0.15, 0.2) is 0 Å². The summed E-state index contributed by atoms with van der Waals surface area (Å²) < 4.78 is 1.67. The zero-order chi connectivity index (χ0) is 6.81. The fourth-order valence-electron chi connectivity index (χ4n) is 1.35. The van der Waals surface area contributed by atoms with Crippen molar-refractivity contribution in [2.45, 2.75) is 18.1 Å². The molecule has 0 nitrogen and oxygen atoms in total. The molecule has 0 amide bonds. The molecule has 0 aliphatic carbocycles. The van der Waals surface area contributed by atoms with Crippen LogP contribution in [-0.2, 0) is 6.42 Å². The van der Waals surface area contributed by atoms with Crippen LogP contribution in [0.4, 0.5) is 0 Å². The molecule has 51 valence electrons. The number of fused-ring (bicyclic) bond motifs is 1. The molecule has 0 saturated heterocycles. The van der Waals surface area contributed by atoms with Crippen molar-refractivity contribution >= 4 is 20.1 Å². The molecule has 0 N–H and O–H groups in total. The standard InChI is InChI=1S/C9H10As/c1-2-6-9-8(4-1)5-3-7-10-9/h1-2,4,6H,3,5,7H2. The van der Waals surface area contributed by atoms with E-state index in [0.717, 1.165) is 0 Å². The van der Waals surface area contributed by atoms with Gasteiger partial charge in [-0.3, -0.25) is 0 Å². The van der Waals surface area contributed by atoms with Crippen LogP contribution < -0.4 is 4.35 Å². The zero-order valence-electron chi connectivity index (χ0n) is 5.88. The quantitative estimate of drug-likeness (QED) is 0.546. The second kappa shape index (κ2) is 2.80. The van der Waals surface area contributed by atoms with E-state index >= 15 is 0 Å². The van der Waals surface area contributed by atoms with Gasteiger partial charge in [-0.25, -0.2) is 0 Å². The van der Waals surface area contributed by atoms with Gasteiger partial charge in [-0.05, 0) is 0 Å². The molecule has 2 rings (SSSR count). The first-order valence-electron chi connectivity index (χ1n) is 3.72. The van der Waals surface area contributed by atoms with E-state index < -0.39 is 0 Å². The minimum atomic E-state index is 0.529. The predicted molar refractivity (Wildman–Crippen MR) is 45.0 cm³/mol. The van der Waals surface area contributed by atoms with Gasteiger partial charge in [-0.1, -0.05) is 0 Å². The molecule has 1 heteroatoms. The van der Waals surface area contributed by atoms with Crippen LogP contribution in [0.2, 0.25) is 5.21 Å². The number of hydrogen-bond acceptors (Lipinski definition) is 0. The monoisotopic (exact) mass is 193 g/mol. The Morgan fingerprint density at radius 3 is 3.00 bits per heavy atom. The van der Waals surface area contributed by atoms with Crippen LogP contribution in [0, 0.1) is 0 Å². The van der Waals surface area contributed by atoms with Crippen LogP contribution in [-0.4, -0.2) is 15.8 Å². The van der Waals surface area contributed by atoms with E-state index in [-0.39, 0.29) is 0 Å². The first-order valence-corrected chi connectivity index (χ1v) is 5.99. The van der Waals surface area contributed by atoms with Crippen LogP contribution in [0.5, 0.6) is 0 Å². The molecule has 1 aliphatic rings. The Bertz CT molecular complexity index is 205. The Morgan fingerprint density at radius 1 is 1.20 bits per heavy atom. The van der Waals surface area contributed by atoms with Gasteiger partial charge in [0.2, 0.25) is 0 Å². The molecule has 1 radical (unpaired) electrons. The number of aryl methyl sites for hydroxylation is 1. The van der Waals surface area contributed by atoms with Crippen LogP contribution in [0.25, 0.3) is 0 Å². The summed E-state index contributed by atoms with van der Waals surface area (Å²) in [4.78, 5) is 0. The Morgan fingerprint density at radius 2 is 2.10 bits per heavy atom. The Hall–Kier alpha value is -0.222. The van der Waals surface area contributed by atoms with Gasteiger partial charge < -0.3 is 0 Å². The fraction of sp³-hybridized carbons (Fsp3) is 0.333. The summed E-state index contributed by atoms with van der Waals surface area (Å²) in [6.45, 7) is 0. The average Bonchev–Trinajstić information content (AvgIpc) is 2.05. The summed E-state index contributed by atoms with van der Waals surface area (Å²) in [6, 6.07) is 8.91. The molecule has 1 aromatic rings. The molecule has 0 aromatic heterocycles. The second-order valence-electron chi connectivity index (χ2n) is 2.61. The van der Waals surface area contributed by atoms with Crippen molar-refractivity contribution in [1.82, 2.24) is 0 Å². The first-order chi connectivity index (χ1) is 4.97. The summed E-state index contributed by atoms with van der Waals surface area (Å²) in [6.07, 6.45) is 2.75. The van der Waals surface area contributed by atoms with Gasteiger partial charge in [0.25, 0.3) is 0 Å². The maximum atomic E-state index is 2.30. The number of rotatable bonds is 0. The van der Waals surface area contributed by atoms with E-state index in [1.54, 1.807) is 9.91 Å². The first kappa shape index (κ1) is 6.49. The third kappa shape index (κ3) is 1.13. The van der Waals surface area contributed by atoms with Crippen molar-refractivity contribution in [2.24, 2.45) is 0 Å². The SMILES string of the molecule is c1ccc2c(c1)CCC[As]2. The van der Waals surface area contributed by atoms with E-state index in [1.807, 2.05) is 0 Å². The molecule has 0 fully saturated rings. The molecule has 1 aromatic carbocycles. The molecule has 0 saturated carbocycles. The average molecular weight is 193 g/mol. The molecular formula is C9H10As. The minimum absolute atomic E-state index is 0.529. The molecular weight excluding hydrogens is 183 g/mol. The van der Waals surface area contributed by atoms with E-state index in [1.165, 1.54) is 18.1 Å². The molecule has 10 heavy (non-hydrogen) atoms. The van der Waals surface area contributed by atoms with E-state index in [4.69, 9.17) is 0 Å². The van der Waals surface area contributed by atoms with E-state index in [9.17, 15) is 0 Å². The summed E-state index contributed by atoms with van der Waals surface area (Å²) >= 11 is 0.529. The van der Waals surface area contributed by atoms with E-state index in [0.29, 0.717) is 15.8 Å². The second-order valence-corrected chi connectivity index (χ2v) is 5.23. The fourth-order valence-corrected chi connectivity index (χ4v) is 3.73. The van der Waals surface area contributed by atoms with Crippen LogP contribution in [0.15, 0.2) is 24.3 Å². The third-order valence-corrected chi connectivity index (χ3v) is 4.64. The molecule has 0 unspecified atom stereocenters. The molecule has 0 spiro atoms. The Labute approximate surface area is 68.3 Å². The Balaban J connectivity index is 2.41. The summed E-state index contributed by atoms with van der Waals surface area (Å²) in [7, 11) is 0. The topological polar surface area (TPSA) is 0 Å². The van der Waals surface area contributed by atoms with Gasteiger partial charge in [-0.2, -0.15) is 0 Å². The summed E-state index contributed by atoms with van der Waals surface area (Å²) in [5.41, 5.74) is 1.62. The Kier molecular flexibility index (Phi) is 1.81. The zero-order valence-corrected chi connectivity index (χ0v) is 7.75. The van der Waals surface area contributed by atoms with Crippen molar-refractivity contribution in [1.29, 1.82) is 0 Å². The normalized spacial score (nSPS) is 18.8. The van der Waals surface area contributed by atoms with E-state index in [2.05, 4.69) is 24.3 Å². The molecule has 1 aliphatic heterocycles. The van der Waals surface area contributed by atoms with Crippen LogP contribution in [0.3, 0.4) is 0 Å². The van der Waals surface area contributed by atoms with Gasteiger partial charge in [-0.15, -0.1) is 0 Å². The van der Waals surface area contributed by atoms with Crippen LogP contribution in [0.1, 0.15) is 12.0 Å². The van der Waals surface area contributed by atoms with Gasteiger partial charge >= 0.3 is 68.0 Å². The van der Waals surface area contributed by atoms with Crippen molar-refractivity contribution in [3.8, 4) is 0 Å². The van der Waals surface area contributed by atoms with Gasteiger partial charge in [0.1, 0.15) is 0 Å². The maximum absolute atomic E-state index is 2.30. The number of benzene rings is 1. The van der Waals surface area contributed by atoms with Gasteiger partial charge in [0.05, 0.1) is 0 Å². The predicted octanol–water partition coefficient (Wildman–Crippen LogP) is 1.38. The van der Waals surface area contributed by atoms with Crippen molar-refractivity contribution in [3.63, 3.8) is 0 Å². The summed E-state index contributed by atoms with van der Waals surface area (Å²) in [5, 5.41) is 1.48. The summed E-state index contributed by atoms with van der Waals surface area (Å²) in [5.74, 6) is 0. The van der Waals surface area contributed by atoms with Gasteiger partial charge in [0, 0.05) is 0 Å². The third-order valence-electron chi connectivity index (χ3n) is 1.88. The molecule has 1 heterocycles. The molecule has 0 bridgehead atoms. The van der Waals surface area contributed by atoms with Crippen LogP contribution >= 0.6 is 0 Å². The van der Waals surface area contributed by atoms with Crippen molar-refractivity contribution in [2.75, 3.05) is 0 Å². The molecule has 0 atom stereocenters. The number of hydrogen-bond donors (Lipinski definition) is 0. The van der Waals surface area contributed by atoms with Crippen molar-refractivity contribution < 1.29 is 0 Å².